The van der Waals surface area contributed by atoms with Crippen molar-refractivity contribution in [3.63, 3.8) is 0 Å². The zero-order valence-corrected chi connectivity index (χ0v) is 10.1. The van der Waals surface area contributed by atoms with Crippen LogP contribution in [0, 0.1) is 0 Å². The molecule has 0 aliphatic heterocycles. The summed E-state index contributed by atoms with van der Waals surface area (Å²) in [6.07, 6.45) is 5.37. The highest BCUT2D eigenvalue weighted by Crippen LogP contribution is 2.30. The van der Waals surface area contributed by atoms with Gasteiger partial charge in [-0.3, -0.25) is 9.97 Å². The lowest BCUT2D eigenvalue weighted by Gasteiger charge is -1.99. The Balaban J connectivity index is 1.99. The Kier molecular flexibility index (Phi) is 2.12. The minimum atomic E-state index is 0.864. The summed E-state index contributed by atoms with van der Waals surface area (Å²) in [6, 6.07) is 13.9. The Labute approximate surface area is 109 Å². The number of pyridine rings is 2. The molecule has 0 bridgehead atoms. The number of nitrogens with zero attached hydrogens (tertiary/aromatic N) is 2. The molecule has 1 aromatic carbocycles. The highest BCUT2D eigenvalue weighted by Gasteiger charge is 2.08. The van der Waals surface area contributed by atoms with E-state index in [1.54, 1.807) is 12.4 Å². The van der Waals surface area contributed by atoms with Gasteiger partial charge < -0.3 is 4.42 Å². The van der Waals surface area contributed by atoms with Gasteiger partial charge >= 0.3 is 0 Å². The molecular formula is C16H10N2O. The van der Waals surface area contributed by atoms with E-state index in [1.807, 2.05) is 36.5 Å². The average molecular weight is 246 g/mol. The summed E-state index contributed by atoms with van der Waals surface area (Å²) in [4.78, 5) is 8.50. The SMILES string of the molecule is c1ccc(-c2ccc3c(c2)oc2ccncc23)nc1. The monoisotopic (exact) mass is 246 g/mol. The highest BCUT2D eigenvalue weighted by atomic mass is 16.3. The number of hydrogen-bond donors (Lipinski definition) is 0. The molecule has 0 aliphatic rings. The molecule has 0 fully saturated rings. The average Bonchev–Trinajstić information content (AvgIpc) is 2.86. The molecule has 19 heavy (non-hydrogen) atoms. The number of rotatable bonds is 1. The second-order valence-electron chi connectivity index (χ2n) is 4.40. The molecule has 0 saturated heterocycles. The Morgan fingerprint density at radius 1 is 0.842 bits per heavy atom. The third kappa shape index (κ3) is 1.59. The van der Waals surface area contributed by atoms with Gasteiger partial charge in [-0.25, -0.2) is 0 Å². The molecule has 0 spiro atoms. The lowest BCUT2D eigenvalue weighted by Crippen LogP contribution is -1.80. The second-order valence-corrected chi connectivity index (χ2v) is 4.40. The zero-order valence-electron chi connectivity index (χ0n) is 10.1. The first-order valence-electron chi connectivity index (χ1n) is 6.09. The summed E-state index contributed by atoms with van der Waals surface area (Å²) in [7, 11) is 0. The Bertz CT molecular complexity index is 866. The van der Waals surface area contributed by atoms with E-state index in [9.17, 15) is 0 Å². The van der Waals surface area contributed by atoms with E-state index in [0.717, 1.165) is 33.2 Å². The van der Waals surface area contributed by atoms with Crippen LogP contribution in [0.1, 0.15) is 0 Å². The van der Waals surface area contributed by atoms with E-state index in [1.165, 1.54) is 0 Å². The maximum Gasteiger partial charge on any atom is 0.138 e. The first kappa shape index (κ1) is 10.3. The van der Waals surface area contributed by atoms with E-state index in [-0.39, 0.29) is 0 Å². The minimum Gasteiger partial charge on any atom is -0.456 e. The van der Waals surface area contributed by atoms with Crippen LogP contribution in [0.2, 0.25) is 0 Å². The summed E-state index contributed by atoms with van der Waals surface area (Å²) < 4.78 is 5.85. The number of furan rings is 1. The molecule has 0 radical (unpaired) electrons. The van der Waals surface area contributed by atoms with Crippen LogP contribution >= 0.6 is 0 Å². The molecule has 3 nitrogen and oxygen atoms in total. The summed E-state index contributed by atoms with van der Waals surface area (Å²) >= 11 is 0. The predicted molar refractivity (Wildman–Crippen MR) is 74.7 cm³/mol. The summed E-state index contributed by atoms with van der Waals surface area (Å²) in [5.74, 6) is 0. The van der Waals surface area contributed by atoms with Crippen molar-refractivity contribution in [1.29, 1.82) is 0 Å². The van der Waals surface area contributed by atoms with E-state index < -0.39 is 0 Å². The van der Waals surface area contributed by atoms with Crippen molar-refractivity contribution in [3.05, 3.63) is 61.1 Å². The molecule has 0 saturated carbocycles. The van der Waals surface area contributed by atoms with Crippen LogP contribution in [0.15, 0.2) is 65.5 Å². The maximum atomic E-state index is 5.85. The molecule has 0 aliphatic carbocycles. The number of benzene rings is 1. The molecule has 0 unspecified atom stereocenters. The van der Waals surface area contributed by atoms with E-state index in [2.05, 4.69) is 22.1 Å². The van der Waals surface area contributed by atoms with Gasteiger partial charge in [-0.05, 0) is 30.3 Å². The number of aromatic nitrogens is 2. The fraction of sp³-hybridized carbons (Fsp3) is 0. The highest BCUT2D eigenvalue weighted by molar-refractivity contribution is 6.05. The van der Waals surface area contributed by atoms with Crippen molar-refractivity contribution < 1.29 is 4.42 Å². The van der Waals surface area contributed by atoms with Gasteiger partial charge in [0.15, 0.2) is 0 Å². The third-order valence-corrected chi connectivity index (χ3v) is 3.23. The van der Waals surface area contributed by atoms with Gasteiger partial charge in [-0.2, -0.15) is 0 Å². The van der Waals surface area contributed by atoms with Crippen LogP contribution in [0.3, 0.4) is 0 Å². The van der Waals surface area contributed by atoms with Crippen molar-refractivity contribution in [2.24, 2.45) is 0 Å². The smallest absolute Gasteiger partial charge is 0.138 e. The van der Waals surface area contributed by atoms with Crippen molar-refractivity contribution >= 4 is 21.9 Å². The van der Waals surface area contributed by atoms with E-state index in [0.29, 0.717) is 0 Å². The Morgan fingerprint density at radius 3 is 2.74 bits per heavy atom. The van der Waals surface area contributed by atoms with Gasteiger partial charge in [0.25, 0.3) is 0 Å². The number of hydrogen-bond acceptors (Lipinski definition) is 3. The molecular weight excluding hydrogens is 236 g/mol. The molecule has 4 rings (SSSR count). The zero-order chi connectivity index (χ0) is 12.7. The molecule has 4 aromatic rings. The Hall–Kier alpha value is -2.68. The fourth-order valence-corrected chi connectivity index (χ4v) is 2.31. The van der Waals surface area contributed by atoms with Crippen LogP contribution in [0.4, 0.5) is 0 Å². The van der Waals surface area contributed by atoms with Crippen LogP contribution < -0.4 is 0 Å². The topological polar surface area (TPSA) is 38.9 Å². The normalized spacial score (nSPS) is 11.2. The first-order chi connectivity index (χ1) is 9.42. The Morgan fingerprint density at radius 2 is 1.84 bits per heavy atom. The molecule has 3 heteroatoms. The van der Waals surface area contributed by atoms with E-state index >= 15 is 0 Å². The maximum absolute atomic E-state index is 5.85. The fourth-order valence-electron chi connectivity index (χ4n) is 2.31. The molecule has 0 amide bonds. The van der Waals surface area contributed by atoms with Crippen molar-refractivity contribution in [3.8, 4) is 11.3 Å². The molecule has 3 aromatic heterocycles. The van der Waals surface area contributed by atoms with Crippen molar-refractivity contribution in [1.82, 2.24) is 9.97 Å². The van der Waals surface area contributed by atoms with Crippen LogP contribution in [0.5, 0.6) is 0 Å². The second kappa shape index (κ2) is 3.92. The van der Waals surface area contributed by atoms with Gasteiger partial charge in [-0.15, -0.1) is 0 Å². The van der Waals surface area contributed by atoms with Gasteiger partial charge in [0, 0.05) is 34.9 Å². The van der Waals surface area contributed by atoms with E-state index in [4.69, 9.17) is 4.42 Å². The molecule has 0 N–H and O–H groups in total. The van der Waals surface area contributed by atoms with Crippen molar-refractivity contribution in [2.75, 3.05) is 0 Å². The van der Waals surface area contributed by atoms with Crippen LogP contribution in [-0.4, -0.2) is 9.97 Å². The minimum absolute atomic E-state index is 0.864. The molecule has 0 atom stereocenters. The van der Waals surface area contributed by atoms with Gasteiger partial charge in [0.2, 0.25) is 0 Å². The van der Waals surface area contributed by atoms with Crippen molar-refractivity contribution in [2.45, 2.75) is 0 Å². The quantitative estimate of drug-likeness (QED) is 0.508. The lowest BCUT2D eigenvalue weighted by atomic mass is 10.1. The predicted octanol–water partition coefficient (Wildman–Crippen LogP) is 4.04. The first-order valence-corrected chi connectivity index (χ1v) is 6.09. The van der Waals surface area contributed by atoms with Gasteiger partial charge in [-0.1, -0.05) is 12.1 Å². The number of fused-ring (bicyclic) bond motifs is 3. The van der Waals surface area contributed by atoms with Crippen LogP contribution in [-0.2, 0) is 0 Å². The third-order valence-electron chi connectivity index (χ3n) is 3.23. The lowest BCUT2D eigenvalue weighted by molar-refractivity contribution is 0.668. The summed E-state index contributed by atoms with van der Waals surface area (Å²) in [5, 5.41) is 2.13. The summed E-state index contributed by atoms with van der Waals surface area (Å²) in [6.45, 7) is 0. The van der Waals surface area contributed by atoms with Gasteiger partial charge in [0.1, 0.15) is 11.2 Å². The van der Waals surface area contributed by atoms with Gasteiger partial charge in [0.05, 0.1) is 5.69 Å². The molecule has 3 heterocycles. The van der Waals surface area contributed by atoms with Crippen LogP contribution in [0.25, 0.3) is 33.2 Å². The summed E-state index contributed by atoms with van der Waals surface area (Å²) in [5.41, 5.74) is 3.73. The molecule has 90 valence electrons. The standard InChI is InChI=1S/C16H10N2O/c1-2-7-18-14(3-1)11-4-5-12-13-10-17-8-6-15(13)19-16(12)9-11/h1-10H. The largest absolute Gasteiger partial charge is 0.456 e.